The van der Waals surface area contributed by atoms with Crippen LogP contribution in [0.4, 0.5) is 0 Å². The van der Waals surface area contributed by atoms with E-state index in [1.807, 2.05) is 13.8 Å². The summed E-state index contributed by atoms with van der Waals surface area (Å²) in [6.07, 6.45) is 8.32. The number of carbonyl (C=O) groups excluding carboxylic acids is 2. The van der Waals surface area contributed by atoms with E-state index in [1.54, 1.807) is 0 Å². The van der Waals surface area contributed by atoms with Crippen LogP contribution in [0.2, 0.25) is 0 Å². The topological polar surface area (TPSA) is 110 Å². The van der Waals surface area contributed by atoms with Gasteiger partial charge in [0.1, 0.15) is 23.7 Å². The molecule has 2 aromatic heterocycles. The van der Waals surface area contributed by atoms with Crippen LogP contribution in [-0.2, 0) is 12.8 Å². The molecule has 0 spiro atoms. The maximum absolute atomic E-state index is 12.3. The molecule has 0 radical (unpaired) electrons. The molecule has 1 fully saturated rings. The van der Waals surface area contributed by atoms with E-state index >= 15 is 0 Å². The van der Waals surface area contributed by atoms with Gasteiger partial charge in [0, 0.05) is 13.1 Å². The predicted molar refractivity (Wildman–Crippen MR) is 102 cm³/mol. The fourth-order valence-electron chi connectivity index (χ4n) is 3.70. The molecular weight excluding hydrogens is 360 g/mol. The molecule has 0 bridgehead atoms. The van der Waals surface area contributed by atoms with Crippen molar-refractivity contribution in [3.05, 3.63) is 35.0 Å². The number of hydrogen-bond acceptors (Lipinski definition) is 6. The van der Waals surface area contributed by atoms with E-state index in [4.69, 9.17) is 9.05 Å². The third kappa shape index (κ3) is 4.79. The molecule has 1 aliphatic carbocycles. The number of amides is 2. The Morgan fingerprint density at radius 1 is 0.857 bits per heavy atom. The zero-order valence-electron chi connectivity index (χ0n) is 16.5. The summed E-state index contributed by atoms with van der Waals surface area (Å²) in [7, 11) is 0. The Morgan fingerprint density at radius 2 is 1.25 bits per heavy atom. The van der Waals surface area contributed by atoms with Crippen LogP contribution in [0.25, 0.3) is 0 Å². The van der Waals surface area contributed by atoms with Crippen molar-refractivity contribution < 1.29 is 18.6 Å². The Morgan fingerprint density at radius 3 is 1.61 bits per heavy atom. The van der Waals surface area contributed by atoms with Gasteiger partial charge in [-0.25, -0.2) is 0 Å². The zero-order valence-corrected chi connectivity index (χ0v) is 16.5. The van der Waals surface area contributed by atoms with Gasteiger partial charge in [0.2, 0.25) is 0 Å². The van der Waals surface area contributed by atoms with Crippen molar-refractivity contribution in [2.45, 2.75) is 52.4 Å². The lowest BCUT2D eigenvalue weighted by molar-refractivity contribution is 0.0921. The SMILES string of the molecule is CCc1nocc1C(=O)NCC1CCC(CNC(=O)c2conc2CC)CC1. The van der Waals surface area contributed by atoms with Crippen LogP contribution < -0.4 is 10.6 Å². The minimum atomic E-state index is -0.118. The number of carbonyl (C=O) groups is 2. The summed E-state index contributed by atoms with van der Waals surface area (Å²) in [6, 6.07) is 0. The van der Waals surface area contributed by atoms with Gasteiger partial charge in [0.05, 0.1) is 11.4 Å². The summed E-state index contributed by atoms with van der Waals surface area (Å²) in [5, 5.41) is 13.7. The fourth-order valence-corrected chi connectivity index (χ4v) is 3.70. The minimum Gasteiger partial charge on any atom is -0.364 e. The lowest BCUT2D eigenvalue weighted by Gasteiger charge is -2.28. The van der Waals surface area contributed by atoms with E-state index in [9.17, 15) is 9.59 Å². The average molecular weight is 388 g/mol. The van der Waals surface area contributed by atoms with E-state index in [0.29, 0.717) is 60.3 Å². The molecule has 2 aromatic rings. The highest BCUT2D eigenvalue weighted by atomic mass is 16.5. The highest BCUT2D eigenvalue weighted by molar-refractivity contribution is 5.95. The second kappa shape index (κ2) is 9.52. The van der Waals surface area contributed by atoms with Crippen molar-refractivity contribution in [3.63, 3.8) is 0 Å². The van der Waals surface area contributed by atoms with Crippen LogP contribution in [0.1, 0.15) is 71.6 Å². The van der Waals surface area contributed by atoms with Crippen molar-refractivity contribution in [2.24, 2.45) is 11.8 Å². The standard InChI is InChI=1S/C20H28N4O4/c1-3-17-15(11-27-23-17)19(25)21-9-13-5-7-14(8-6-13)10-22-20(26)16-12-28-24-18(16)4-2/h11-14H,3-10H2,1-2H3,(H,21,25)(H,22,26). The van der Waals surface area contributed by atoms with Gasteiger partial charge in [-0.3, -0.25) is 9.59 Å². The van der Waals surface area contributed by atoms with Gasteiger partial charge >= 0.3 is 0 Å². The van der Waals surface area contributed by atoms with Crippen LogP contribution in [-0.4, -0.2) is 35.2 Å². The number of aromatic nitrogens is 2. The van der Waals surface area contributed by atoms with Gasteiger partial charge in [-0.15, -0.1) is 0 Å². The molecule has 0 unspecified atom stereocenters. The second-order valence-corrected chi connectivity index (χ2v) is 7.36. The van der Waals surface area contributed by atoms with Gasteiger partial charge < -0.3 is 19.7 Å². The van der Waals surface area contributed by atoms with Crippen LogP contribution in [0.3, 0.4) is 0 Å². The van der Waals surface area contributed by atoms with E-state index < -0.39 is 0 Å². The number of hydrogen-bond donors (Lipinski definition) is 2. The predicted octanol–water partition coefficient (Wildman–Crippen LogP) is 2.75. The Bertz CT molecular complexity index is 723. The van der Waals surface area contributed by atoms with Gasteiger partial charge in [-0.05, 0) is 50.4 Å². The molecule has 2 amide bonds. The molecule has 3 rings (SSSR count). The van der Waals surface area contributed by atoms with Crippen molar-refractivity contribution >= 4 is 11.8 Å². The summed E-state index contributed by atoms with van der Waals surface area (Å²) in [5.74, 6) is 0.692. The van der Waals surface area contributed by atoms with Crippen molar-refractivity contribution in [1.82, 2.24) is 20.9 Å². The smallest absolute Gasteiger partial charge is 0.256 e. The molecule has 152 valence electrons. The van der Waals surface area contributed by atoms with Crippen LogP contribution in [0.15, 0.2) is 21.6 Å². The molecule has 28 heavy (non-hydrogen) atoms. The summed E-state index contributed by atoms with van der Waals surface area (Å²) < 4.78 is 9.79. The second-order valence-electron chi connectivity index (χ2n) is 7.36. The third-order valence-corrected chi connectivity index (χ3v) is 5.52. The molecule has 1 aliphatic rings. The molecule has 0 aliphatic heterocycles. The summed E-state index contributed by atoms with van der Waals surface area (Å²) in [6.45, 7) is 5.21. The Labute approximate surface area is 164 Å². The van der Waals surface area contributed by atoms with Gasteiger partial charge in [-0.1, -0.05) is 24.2 Å². The van der Waals surface area contributed by atoms with Gasteiger partial charge in [-0.2, -0.15) is 0 Å². The van der Waals surface area contributed by atoms with Crippen LogP contribution in [0, 0.1) is 11.8 Å². The Kier molecular flexibility index (Phi) is 6.84. The van der Waals surface area contributed by atoms with Crippen molar-refractivity contribution in [1.29, 1.82) is 0 Å². The van der Waals surface area contributed by atoms with Crippen LogP contribution >= 0.6 is 0 Å². The molecule has 2 N–H and O–H groups in total. The minimum absolute atomic E-state index is 0.118. The largest absolute Gasteiger partial charge is 0.364 e. The van der Waals surface area contributed by atoms with Gasteiger partial charge in [0.15, 0.2) is 0 Å². The highest BCUT2D eigenvalue weighted by Gasteiger charge is 2.24. The number of rotatable bonds is 8. The van der Waals surface area contributed by atoms with E-state index in [2.05, 4.69) is 20.9 Å². The molecular formula is C20H28N4O4. The maximum atomic E-state index is 12.3. The molecule has 8 nitrogen and oxygen atoms in total. The normalized spacial score (nSPS) is 19.4. The first-order valence-electron chi connectivity index (χ1n) is 10.0. The van der Waals surface area contributed by atoms with Crippen molar-refractivity contribution in [3.8, 4) is 0 Å². The first kappa shape index (κ1) is 20.1. The number of nitrogens with zero attached hydrogens (tertiary/aromatic N) is 2. The lowest BCUT2D eigenvalue weighted by atomic mass is 9.82. The highest BCUT2D eigenvalue weighted by Crippen LogP contribution is 2.28. The summed E-state index contributed by atoms with van der Waals surface area (Å²) in [4.78, 5) is 24.5. The third-order valence-electron chi connectivity index (χ3n) is 5.52. The Hall–Kier alpha value is -2.64. The molecule has 0 saturated heterocycles. The van der Waals surface area contributed by atoms with Crippen molar-refractivity contribution in [2.75, 3.05) is 13.1 Å². The lowest BCUT2D eigenvalue weighted by Crippen LogP contribution is -2.34. The monoisotopic (exact) mass is 388 g/mol. The average Bonchev–Trinajstić information content (AvgIpc) is 3.39. The number of aryl methyl sites for hydroxylation is 2. The molecule has 8 heteroatoms. The fraction of sp³-hybridized carbons (Fsp3) is 0.600. The summed E-state index contributed by atoms with van der Waals surface area (Å²) in [5.41, 5.74) is 2.44. The first-order chi connectivity index (χ1) is 13.6. The maximum Gasteiger partial charge on any atom is 0.256 e. The molecule has 2 heterocycles. The van der Waals surface area contributed by atoms with E-state index in [-0.39, 0.29) is 11.8 Å². The number of nitrogens with one attached hydrogen (secondary N) is 2. The summed E-state index contributed by atoms with van der Waals surface area (Å²) >= 11 is 0. The quantitative estimate of drug-likeness (QED) is 0.719. The van der Waals surface area contributed by atoms with E-state index in [0.717, 1.165) is 25.7 Å². The Balaban J connectivity index is 1.37. The zero-order chi connectivity index (χ0) is 19.9. The van der Waals surface area contributed by atoms with E-state index in [1.165, 1.54) is 12.5 Å². The molecule has 1 saturated carbocycles. The molecule has 0 atom stereocenters. The molecule has 0 aromatic carbocycles. The van der Waals surface area contributed by atoms with Gasteiger partial charge in [0.25, 0.3) is 11.8 Å². The first-order valence-corrected chi connectivity index (χ1v) is 10.0. The van der Waals surface area contributed by atoms with Crippen LogP contribution in [0.5, 0.6) is 0 Å².